The fourth-order valence-corrected chi connectivity index (χ4v) is 5.49. The summed E-state index contributed by atoms with van der Waals surface area (Å²) in [5.41, 5.74) is 3.76. The number of likely N-dealkylation sites (N-methyl/N-ethyl adjacent to an activating group) is 1. The van der Waals surface area contributed by atoms with Gasteiger partial charge in [-0.05, 0) is 84.7 Å². The van der Waals surface area contributed by atoms with Gasteiger partial charge >= 0.3 is 0 Å². The van der Waals surface area contributed by atoms with Crippen LogP contribution in [0.4, 0.5) is 0 Å². The minimum atomic E-state index is 1.11. The van der Waals surface area contributed by atoms with Gasteiger partial charge in [0.25, 0.3) is 0 Å². The number of rotatable bonds is 35. The van der Waals surface area contributed by atoms with Crippen LogP contribution in [0.2, 0.25) is 0 Å². The third kappa shape index (κ3) is 37.2. The average molecular weight is 602 g/mol. The zero-order valence-electron chi connectivity index (χ0n) is 30.1. The highest BCUT2D eigenvalue weighted by Crippen LogP contribution is 2.11. The van der Waals surface area contributed by atoms with Crippen molar-refractivity contribution >= 4 is 0 Å². The maximum absolute atomic E-state index is 3.76. The molecule has 0 saturated heterocycles. The summed E-state index contributed by atoms with van der Waals surface area (Å²) in [6.45, 7) is 9.14. The summed E-state index contributed by atoms with van der Waals surface area (Å²) >= 11 is 0. The topological polar surface area (TPSA) is 18.5 Å². The molecule has 3 heteroatoms. The molecular formula is C40H79N3. The first-order valence-corrected chi connectivity index (χ1v) is 19.3. The van der Waals surface area contributed by atoms with Crippen molar-refractivity contribution in [2.24, 2.45) is 0 Å². The SMILES string of the molecule is CCCCC/C=C\C/C=C\CCCCCCCCN(CCN(C)C)NCCCCCCCC/C=C\CCCCCCCC. The standard InChI is InChI=1S/C40H79N3/c1-5-7-9-11-13-15-17-19-21-23-25-27-29-31-33-35-37-41-43(40-39-42(3)4)38-36-34-32-30-28-26-24-22-20-18-16-14-12-10-8-6-2/h14,16,19-22,41H,5-13,15,17-18,23-40H2,1-4H3/b16-14-,21-19-,22-20-. The quantitative estimate of drug-likeness (QED) is 0.0443. The van der Waals surface area contributed by atoms with Crippen LogP contribution in [0, 0.1) is 0 Å². The van der Waals surface area contributed by atoms with Crippen molar-refractivity contribution in [1.82, 2.24) is 15.3 Å². The Labute approximate surface area is 272 Å². The first-order valence-electron chi connectivity index (χ1n) is 19.3. The van der Waals surface area contributed by atoms with Crippen molar-refractivity contribution in [3.8, 4) is 0 Å². The molecule has 0 radical (unpaired) electrons. The second-order valence-electron chi connectivity index (χ2n) is 13.2. The van der Waals surface area contributed by atoms with Crippen molar-refractivity contribution in [2.75, 3.05) is 40.3 Å². The number of hydrogen-bond acceptors (Lipinski definition) is 3. The molecule has 43 heavy (non-hydrogen) atoms. The molecule has 254 valence electrons. The van der Waals surface area contributed by atoms with E-state index in [2.05, 4.69) is 79.7 Å². The Kier molecular flexibility index (Phi) is 36.5. The van der Waals surface area contributed by atoms with Gasteiger partial charge < -0.3 is 4.90 Å². The highest BCUT2D eigenvalue weighted by Gasteiger charge is 2.05. The minimum Gasteiger partial charge on any atom is -0.308 e. The maximum Gasteiger partial charge on any atom is 0.0258 e. The highest BCUT2D eigenvalue weighted by atomic mass is 15.5. The van der Waals surface area contributed by atoms with E-state index < -0.39 is 0 Å². The van der Waals surface area contributed by atoms with E-state index in [1.807, 2.05) is 0 Å². The van der Waals surface area contributed by atoms with Crippen LogP contribution in [0.5, 0.6) is 0 Å². The van der Waals surface area contributed by atoms with Crippen LogP contribution >= 0.6 is 0 Å². The van der Waals surface area contributed by atoms with E-state index in [4.69, 9.17) is 0 Å². The molecular weight excluding hydrogens is 522 g/mol. The van der Waals surface area contributed by atoms with Crippen LogP contribution < -0.4 is 5.43 Å². The van der Waals surface area contributed by atoms with Gasteiger partial charge in [-0.1, -0.05) is 147 Å². The van der Waals surface area contributed by atoms with Crippen molar-refractivity contribution in [2.45, 2.75) is 181 Å². The Hall–Kier alpha value is -0.900. The van der Waals surface area contributed by atoms with Crippen LogP contribution in [0.1, 0.15) is 181 Å². The summed E-state index contributed by atoms with van der Waals surface area (Å²) in [5.74, 6) is 0. The van der Waals surface area contributed by atoms with Crippen molar-refractivity contribution < 1.29 is 0 Å². The first kappa shape index (κ1) is 42.1. The Morgan fingerprint density at radius 3 is 1.30 bits per heavy atom. The van der Waals surface area contributed by atoms with Crippen molar-refractivity contribution in [3.63, 3.8) is 0 Å². The van der Waals surface area contributed by atoms with Gasteiger partial charge in [0.05, 0.1) is 0 Å². The summed E-state index contributed by atoms with van der Waals surface area (Å²) in [4.78, 5) is 2.30. The monoisotopic (exact) mass is 602 g/mol. The molecule has 0 rings (SSSR count). The van der Waals surface area contributed by atoms with Gasteiger partial charge in [0.1, 0.15) is 0 Å². The molecule has 0 amide bonds. The fraction of sp³-hybridized carbons (Fsp3) is 0.850. The molecule has 0 fully saturated rings. The van der Waals surface area contributed by atoms with Crippen LogP contribution in [0.3, 0.4) is 0 Å². The van der Waals surface area contributed by atoms with Gasteiger partial charge in [0, 0.05) is 26.2 Å². The van der Waals surface area contributed by atoms with Crippen LogP contribution in [-0.4, -0.2) is 50.2 Å². The molecule has 0 aliphatic heterocycles. The summed E-state index contributed by atoms with van der Waals surface area (Å²) in [6, 6.07) is 0. The van der Waals surface area contributed by atoms with Crippen molar-refractivity contribution in [1.29, 1.82) is 0 Å². The third-order valence-corrected chi connectivity index (χ3v) is 8.47. The Morgan fingerprint density at radius 2 is 0.791 bits per heavy atom. The van der Waals surface area contributed by atoms with E-state index >= 15 is 0 Å². The lowest BCUT2D eigenvalue weighted by molar-refractivity contribution is 0.165. The first-order chi connectivity index (χ1) is 21.2. The second kappa shape index (κ2) is 37.3. The minimum absolute atomic E-state index is 1.11. The molecule has 0 aliphatic rings. The number of unbranched alkanes of at least 4 members (excludes halogenated alkanes) is 21. The van der Waals surface area contributed by atoms with Gasteiger partial charge in [0.2, 0.25) is 0 Å². The largest absolute Gasteiger partial charge is 0.308 e. The van der Waals surface area contributed by atoms with E-state index in [0.29, 0.717) is 0 Å². The lowest BCUT2D eigenvalue weighted by Crippen LogP contribution is -2.43. The number of nitrogens with one attached hydrogen (secondary N) is 1. The van der Waals surface area contributed by atoms with E-state index in [1.165, 1.54) is 167 Å². The van der Waals surface area contributed by atoms with E-state index in [0.717, 1.165) is 26.1 Å². The molecule has 0 heterocycles. The van der Waals surface area contributed by atoms with E-state index in [1.54, 1.807) is 0 Å². The lowest BCUT2D eigenvalue weighted by Gasteiger charge is -2.25. The van der Waals surface area contributed by atoms with E-state index in [-0.39, 0.29) is 0 Å². The van der Waals surface area contributed by atoms with Gasteiger partial charge in [-0.25, -0.2) is 5.01 Å². The Balaban J connectivity index is 3.65. The number of hydrogen-bond donors (Lipinski definition) is 1. The normalized spacial score (nSPS) is 12.4. The summed E-state index contributed by atoms with van der Waals surface area (Å²) < 4.78 is 0. The third-order valence-electron chi connectivity index (χ3n) is 8.47. The molecule has 0 aromatic rings. The molecule has 0 spiro atoms. The summed E-state index contributed by atoms with van der Waals surface area (Å²) in [7, 11) is 4.37. The molecule has 1 N–H and O–H groups in total. The van der Waals surface area contributed by atoms with Crippen LogP contribution in [0.15, 0.2) is 36.5 Å². The number of hydrazine groups is 1. The van der Waals surface area contributed by atoms with Gasteiger partial charge in [-0.3, -0.25) is 5.43 Å². The van der Waals surface area contributed by atoms with Crippen LogP contribution in [-0.2, 0) is 0 Å². The van der Waals surface area contributed by atoms with Gasteiger partial charge in [0.15, 0.2) is 0 Å². The molecule has 0 aromatic heterocycles. The average Bonchev–Trinajstić information content (AvgIpc) is 3.00. The predicted octanol–water partition coefficient (Wildman–Crippen LogP) is 12.2. The molecule has 0 bridgehead atoms. The summed E-state index contributed by atoms with van der Waals surface area (Å²) in [5, 5.41) is 2.50. The molecule has 0 unspecified atom stereocenters. The molecule has 0 aromatic carbocycles. The molecule has 0 saturated carbocycles. The van der Waals surface area contributed by atoms with E-state index in [9.17, 15) is 0 Å². The van der Waals surface area contributed by atoms with Crippen LogP contribution in [0.25, 0.3) is 0 Å². The molecule has 0 atom stereocenters. The number of nitrogens with zero attached hydrogens (tertiary/aromatic N) is 2. The fourth-order valence-electron chi connectivity index (χ4n) is 5.49. The molecule has 0 aliphatic carbocycles. The molecule has 3 nitrogen and oxygen atoms in total. The Morgan fingerprint density at radius 1 is 0.395 bits per heavy atom. The zero-order valence-corrected chi connectivity index (χ0v) is 30.1. The van der Waals surface area contributed by atoms with Gasteiger partial charge in [-0.2, -0.15) is 0 Å². The zero-order chi connectivity index (χ0) is 31.3. The second-order valence-corrected chi connectivity index (χ2v) is 13.2. The smallest absolute Gasteiger partial charge is 0.0258 e. The van der Waals surface area contributed by atoms with Gasteiger partial charge in [-0.15, -0.1) is 0 Å². The number of allylic oxidation sites excluding steroid dienone is 6. The summed E-state index contributed by atoms with van der Waals surface area (Å²) in [6.07, 6.45) is 49.4. The predicted molar refractivity (Wildman–Crippen MR) is 197 cm³/mol. The Bertz CT molecular complexity index is 595. The lowest BCUT2D eigenvalue weighted by atomic mass is 10.1. The maximum atomic E-state index is 3.76. The van der Waals surface area contributed by atoms with Crippen molar-refractivity contribution in [3.05, 3.63) is 36.5 Å². The highest BCUT2D eigenvalue weighted by molar-refractivity contribution is 4.92.